The Morgan fingerprint density at radius 1 is 1.25 bits per heavy atom. The Morgan fingerprint density at radius 2 is 1.95 bits per heavy atom. The van der Waals surface area contributed by atoms with Crippen LogP contribution in [0.15, 0.2) is 0 Å². The van der Waals surface area contributed by atoms with E-state index in [0.29, 0.717) is 13.1 Å². The second-order valence-electron chi connectivity index (χ2n) is 5.79. The summed E-state index contributed by atoms with van der Waals surface area (Å²) in [4.78, 5) is 24.7. The maximum atomic E-state index is 12.2. The van der Waals surface area contributed by atoms with E-state index in [1.807, 2.05) is 0 Å². The van der Waals surface area contributed by atoms with Crippen molar-refractivity contribution in [3.63, 3.8) is 0 Å². The minimum absolute atomic E-state index is 0.0345. The van der Waals surface area contributed by atoms with Crippen LogP contribution in [0.4, 0.5) is 4.79 Å². The van der Waals surface area contributed by atoms with E-state index in [0.717, 1.165) is 32.1 Å². The summed E-state index contributed by atoms with van der Waals surface area (Å²) in [5.41, 5.74) is 0. The Kier molecular flexibility index (Phi) is 5.23. The number of carboxylic acid groups (broad SMARTS) is 1. The quantitative estimate of drug-likeness (QED) is 0.819. The zero-order chi connectivity index (χ0) is 14.5. The van der Waals surface area contributed by atoms with Crippen LogP contribution in [0.25, 0.3) is 0 Å². The lowest BCUT2D eigenvalue weighted by Crippen LogP contribution is -2.50. The molecule has 2 N–H and O–H groups in total. The van der Waals surface area contributed by atoms with Crippen molar-refractivity contribution in [2.75, 3.05) is 20.2 Å². The molecule has 1 aliphatic heterocycles. The maximum Gasteiger partial charge on any atom is 0.317 e. The number of nitrogens with zero attached hydrogens (tertiary/aromatic N) is 1. The van der Waals surface area contributed by atoms with Gasteiger partial charge in [-0.15, -0.1) is 0 Å². The Labute approximate surface area is 119 Å². The Morgan fingerprint density at radius 3 is 2.55 bits per heavy atom. The van der Waals surface area contributed by atoms with Crippen molar-refractivity contribution in [1.82, 2.24) is 10.2 Å². The normalized spacial score (nSPS) is 27.6. The van der Waals surface area contributed by atoms with Gasteiger partial charge in [-0.3, -0.25) is 4.79 Å². The van der Waals surface area contributed by atoms with E-state index in [-0.39, 0.29) is 30.5 Å². The predicted molar refractivity (Wildman–Crippen MR) is 73.5 cm³/mol. The van der Waals surface area contributed by atoms with Crippen LogP contribution in [0, 0.1) is 5.92 Å². The molecule has 2 amide bonds. The van der Waals surface area contributed by atoms with Crippen LogP contribution in [0.1, 0.15) is 38.5 Å². The van der Waals surface area contributed by atoms with Gasteiger partial charge in [-0.1, -0.05) is 0 Å². The lowest BCUT2D eigenvalue weighted by atomic mass is 9.94. The minimum atomic E-state index is -0.748. The summed E-state index contributed by atoms with van der Waals surface area (Å²) in [5.74, 6) is -0.545. The second-order valence-corrected chi connectivity index (χ2v) is 5.79. The first kappa shape index (κ1) is 15.1. The summed E-state index contributed by atoms with van der Waals surface area (Å²) in [6, 6.07) is 0.0805. The number of hydrogen-bond donors (Lipinski definition) is 2. The summed E-state index contributed by atoms with van der Waals surface area (Å²) in [6.45, 7) is 1.29. The molecule has 2 aliphatic rings. The largest absolute Gasteiger partial charge is 0.481 e. The highest BCUT2D eigenvalue weighted by Gasteiger charge is 2.31. The van der Waals surface area contributed by atoms with Gasteiger partial charge < -0.3 is 20.1 Å². The third-order valence-corrected chi connectivity index (χ3v) is 4.43. The number of likely N-dealkylation sites (tertiary alicyclic amines) is 1. The molecule has 114 valence electrons. The van der Waals surface area contributed by atoms with Gasteiger partial charge in [0, 0.05) is 26.6 Å². The van der Waals surface area contributed by atoms with Crippen LogP contribution < -0.4 is 5.32 Å². The molecule has 0 bridgehead atoms. The number of carbonyl (C=O) groups is 2. The van der Waals surface area contributed by atoms with Crippen molar-refractivity contribution in [2.24, 2.45) is 5.92 Å². The number of aliphatic carboxylic acids is 1. The number of methoxy groups -OCH3 is 1. The summed E-state index contributed by atoms with van der Waals surface area (Å²) in [7, 11) is 1.69. The average molecular weight is 284 g/mol. The molecule has 1 saturated carbocycles. The Balaban J connectivity index is 1.75. The third-order valence-electron chi connectivity index (χ3n) is 4.43. The molecule has 0 aromatic rings. The molecular weight excluding hydrogens is 260 g/mol. The standard InChI is InChI=1S/C14H24N2O4/c1-20-12-4-2-3-11(12)15-14(19)16-7-5-10(6-8-16)9-13(17)18/h10-12H,2-9H2,1H3,(H,15,19)(H,17,18). The number of carboxylic acids is 1. The van der Waals surface area contributed by atoms with Gasteiger partial charge in [0.1, 0.15) is 0 Å². The lowest BCUT2D eigenvalue weighted by molar-refractivity contribution is -0.138. The molecule has 2 rings (SSSR count). The van der Waals surface area contributed by atoms with E-state index in [1.54, 1.807) is 12.0 Å². The van der Waals surface area contributed by atoms with E-state index in [9.17, 15) is 9.59 Å². The molecule has 0 aromatic carbocycles. The number of urea groups is 1. The first-order valence-electron chi connectivity index (χ1n) is 7.40. The summed E-state index contributed by atoms with van der Waals surface area (Å²) in [5, 5.41) is 11.8. The van der Waals surface area contributed by atoms with Crippen molar-refractivity contribution in [3.05, 3.63) is 0 Å². The van der Waals surface area contributed by atoms with Crippen LogP contribution in [-0.4, -0.2) is 54.4 Å². The van der Waals surface area contributed by atoms with Crippen molar-refractivity contribution >= 4 is 12.0 Å². The molecule has 2 atom stereocenters. The van der Waals surface area contributed by atoms with Crippen molar-refractivity contribution in [2.45, 2.75) is 50.7 Å². The van der Waals surface area contributed by atoms with E-state index < -0.39 is 5.97 Å². The fraction of sp³-hybridized carbons (Fsp3) is 0.857. The first-order chi connectivity index (χ1) is 9.60. The highest BCUT2D eigenvalue weighted by molar-refractivity contribution is 5.74. The number of amides is 2. The van der Waals surface area contributed by atoms with E-state index in [2.05, 4.69) is 5.32 Å². The Bertz CT molecular complexity index is 353. The smallest absolute Gasteiger partial charge is 0.317 e. The Hall–Kier alpha value is -1.30. The highest BCUT2D eigenvalue weighted by Crippen LogP contribution is 2.23. The van der Waals surface area contributed by atoms with Gasteiger partial charge in [0.05, 0.1) is 12.1 Å². The SMILES string of the molecule is COC1CCCC1NC(=O)N1CCC(CC(=O)O)CC1. The van der Waals surface area contributed by atoms with Gasteiger partial charge in [-0.2, -0.15) is 0 Å². The molecule has 0 radical (unpaired) electrons. The number of ether oxygens (including phenoxy) is 1. The minimum Gasteiger partial charge on any atom is -0.481 e. The van der Waals surface area contributed by atoms with Gasteiger partial charge >= 0.3 is 12.0 Å². The first-order valence-corrected chi connectivity index (χ1v) is 7.40. The topological polar surface area (TPSA) is 78.9 Å². The summed E-state index contributed by atoms with van der Waals surface area (Å²) >= 11 is 0. The second kappa shape index (κ2) is 6.92. The van der Waals surface area contributed by atoms with Gasteiger partial charge in [-0.25, -0.2) is 4.79 Å². The summed E-state index contributed by atoms with van der Waals surface area (Å²) < 4.78 is 5.37. The zero-order valence-electron chi connectivity index (χ0n) is 12.0. The van der Waals surface area contributed by atoms with Gasteiger partial charge in [0.2, 0.25) is 0 Å². The molecule has 20 heavy (non-hydrogen) atoms. The van der Waals surface area contributed by atoms with Gasteiger partial charge in [0.25, 0.3) is 0 Å². The predicted octanol–water partition coefficient (Wildman–Crippen LogP) is 1.45. The molecule has 2 fully saturated rings. The van der Waals surface area contributed by atoms with Crippen molar-refractivity contribution in [1.29, 1.82) is 0 Å². The monoisotopic (exact) mass is 284 g/mol. The number of carbonyl (C=O) groups excluding carboxylic acids is 1. The van der Waals surface area contributed by atoms with Crippen LogP contribution in [0.5, 0.6) is 0 Å². The molecule has 0 spiro atoms. The molecule has 6 heteroatoms. The lowest BCUT2D eigenvalue weighted by Gasteiger charge is -2.33. The molecule has 0 aromatic heterocycles. The molecule has 1 heterocycles. The van der Waals surface area contributed by atoms with Crippen LogP contribution >= 0.6 is 0 Å². The van der Waals surface area contributed by atoms with Crippen molar-refractivity contribution < 1.29 is 19.4 Å². The van der Waals surface area contributed by atoms with Crippen LogP contribution in [0.2, 0.25) is 0 Å². The van der Waals surface area contributed by atoms with E-state index in [1.165, 1.54) is 0 Å². The number of rotatable bonds is 4. The van der Waals surface area contributed by atoms with Crippen LogP contribution in [0.3, 0.4) is 0 Å². The highest BCUT2D eigenvalue weighted by atomic mass is 16.5. The molecule has 6 nitrogen and oxygen atoms in total. The van der Waals surface area contributed by atoms with Crippen LogP contribution in [-0.2, 0) is 9.53 Å². The number of nitrogens with one attached hydrogen (secondary N) is 1. The van der Waals surface area contributed by atoms with Gasteiger partial charge in [0.15, 0.2) is 0 Å². The molecule has 1 saturated heterocycles. The third kappa shape index (κ3) is 3.85. The van der Waals surface area contributed by atoms with E-state index in [4.69, 9.17) is 9.84 Å². The fourth-order valence-electron chi connectivity index (χ4n) is 3.21. The van der Waals surface area contributed by atoms with E-state index >= 15 is 0 Å². The molecular formula is C14H24N2O4. The number of hydrogen-bond acceptors (Lipinski definition) is 3. The zero-order valence-corrected chi connectivity index (χ0v) is 12.0. The molecule has 1 aliphatic carbocycles. The fourth-order valence-corrected chi connectivity index (χ4v) is 3.21. The van der Waals surface area contributed by atoms with Crippen molar-refractivity contribution in [3.8, 4) is 0 Å². The number of piperidine rings is 1. The maximum absolute atomic E-state index is 12.2. The summed E-state index contributed by atoms with van der Waals surface area (Å²) in [6.07, 6.45) is 4.95. The average Bonchev–Trinajstić information content (AvgIpc) is 2.86. The van der Waals surface area contributed by atoms with Gasteiger partial charge in [-0.05, 0) is 38.0 Å². The molecule has 2 unspecified atom stereocenters.